The van der Waals surface area contributed by atoms with Crippen LogP contribution in [0.2, 0.25) is 0 Å². The van der Waals surface area contributed by atoms with E-state index in [9.17, 15) is 9.90 Å². The molecule has 0 spiro atoms. The lowest BCUT2D eigenvalue weighted by Gasteiger charge is -2.36. The highest BCUT2D eigenvalue weighted by atomic mass is 16.3. The van der Waals surface area contributed by atoms with Crippen LogP contribution in [0.3, 0.4) is 0 Å². The summed E-state index contributed by atoms with van der Waals surface area (Å²) in [5.74, 6) is 0.838. The van der Waals surface area contributed by atoms with Crippen LogP contribution in [-0.2, 0) is 19.5 Å². The molecule has 0 atom stereocenters. The highest BCUT2D eigenvalue weighted by Gasteiger charge is 2.34. The van der Waals surface area contributed by atoms with Gasteiger partial charge in [0.1, 0.15) is 5.82 Å². The number of nitrogens with zero attached hydrogens (tertiary/aromatic N) is 2. The summed E-state index contributed by atoms with van der Waals surface area (Å²) in [6.45, 7) is 1.56. The highest BCUT2D eigenvalue weighted by molar-refractivity contribution is 5.73. The Morgan fingerprint density at radius 2 is 2.04 bits per heavy atom. The maximum atomic E-state index is 11.9. The minimum absolute atomic E-state index is 0.265. The maximum absolute atomic E-state index is 11.9. The Balaban J connectivity index is 1.39. The smallest absolute Gasteiger partial charge is 0.315 e. The predicted molar refractivity (Wildman–Crippen MR) is 96.0 cm³/mol. The second kappa shape index (κ2) is 8.16. The number of urea groups is 1. The molecule has 0 radical (unpaired) electrons. The zero-order chi connectivity index (χ0) is 17.5. The highest BCUT2D eigenvalue weighted by Crippen LogP contribution is 2.30. The molecular weight excluding hydrogens is 316 g/mol. The number of amides is 2. The Hall–Kier alpha value is -2.34. The Kier molecular flexibility index (Phi) is 5.71. The molecule has 1 aromatic carbocycles. The molecule has 2 aromatic rings. The summed E-state index contributed by atoms with van der Waals surface area (Å²) < 4.78 is 2.07. The molecule has 1 aliphatic carbocycles. The van der Waals surface area contributed by atoms with E-state index in [1.165, 1.54) is 5.56 Å². The van der Waals surface area contributed by atoms with Crippen molar-refractivity contribution >= 4 is 6.03 Å². The summed E-state index contributed by atoms with van der Waals surface area (Å²) in [4.78, 5) is 16.2. The van der Waals surface area contributed by atoms with Gasteiger partial charge in [0.05, 0.1) is 12.1 Å². The van der Waals surface area contributed by atoms with E-state index in [0.29, 0.717) is 13.1 Å². The summed E-state index contributed by atoms with van der Waals surface area (Å²) in [7, 11) is 0. The molecule has 1 fully saturated rings. The molecule has 1 aromatic heterocycles. The van der Waals surface area contributed by atoms with E-state index in [2.05, 4.69) is 44.5 Å². The predicted octanol–water partition coefficient (Wildman–Crippen LogP) is 2.23. The Labute approximate surface area is 148 Å². The van der Waals surface area contributed by atoms with Crippen LogP contribution in [-0.4, -0.2) is 32.8 Å². The normalized spacial score (nSPS) is 15.4. The fraction of sp³-hybridized carbons (Fsp3) is 0.474. The van der Waals surface area contributed by atoms with Gasteiger partial charge in [-0.15, -0.1) is 0 Å². The lowest BCUT2D eigenvalue weighted by Crippen LogP contribution is -2.50. The fourth-order valence-electron chi connectivity index (χ4n) is 3.04. The van der Waals surface area contributed by atoms with Gasteiger partial charge in [-0.05, 0) is 37.7 Å². The topological polar surface area (TPSA) is 79.2 Å². The van der Waals surface area contributed by atoms with Gasteiger partial charge < -0.3 is 20.3 Å². The summed E-state index contributed by atoms with van der Waals surface area (Å²) in [5, 5.41) is 15.5. The fourth-order valence-corrected chi connectivity index (χ4v) is 3.04. The molecule has 0 unspecified atom stereocenters. The molecule has 6 heteroatoms. The van der Waals surface area contributed by atoms with Crippen molar-refractivity contribution in [1.82, 2.24) is 20.2 Å². The Morgan fingerprint density at radius 1 is 1.24 bits per heavy atom. The first-order valence-electron chi connectivity index (χ1n) is 8.93. The van der Waals surface area contributed by atoms with Crippen molar-refractivity contribution in [3.63, 3.8) is 0 Å². The lowest BCUT2D eigenvalue weighted by molar-refractivity contribution is -0.0290. The summed E-state index contributed by atoms with van der Waals surface area (Å²) in [5.41, 5.74) is 0.628. The average molecular weight is 342 g/mol. The molecule has 3 N–H and O–H groups in total. The third-order valence-electron chi connectivity index (χ3n) is 4.78. The number of aryl methyl sites for hydroxylation is 2. The number of hydrogen-bond acceptors (Lipinski definition) is 3. The quantitative estimate of drug-likeness (QED) is 0.688. The average Bonchev–Trinajstić information content (AvgIpc) is 3.05. The second-order valence-corrected chi connectivity index (χ2v) is 6.74. The van der Waals surface area contributed by atoms with Crippen molar-refractivity contribution < 1.29 is 9.90 Å². The van der Waals surface area contributed by atoms with Gasteiger partial charge in [0.2, 0.25) is 0 Å². The van der Waals surface area contributed by atoms with Crippen LogP contribution in [0, 0.1) is 0 Å². The van der Waals surface area contributed by atoms with Crippen LogP contribution < -0.4 is 10.6 Å². The minimum atomic E-state index is -0.701. The van der Waals surface area contributed by atoms with E-state index >= 15 is 0 Å². The van der Waals surface area contributed by atoms with E-state index in [1.807, 2.05) is 12.3 Å². The second-order valence-electron chi connectivity index (χ2n) is 6.74. The zero-order valence-corrected chi connectivity index (χ0v) is 14.4. The van der Waals surface area contributed by atoms with Crippen molar-refractivity contribution in [2.45, 2.75) is 50.8 Å². The van der Waals surface area contributed by atoms with Crippen LogP contribution >= 0.6 is 0 Å². The number of carbonyl (C=O) groups is 1. The standard InChI is InChI=1S/C19H26N4O2/c24-18(22-15-19(25)9-5-10-19)21-14-17-20-11-13-23(17)12-4-8-16-6-2-1-3-7-16/h1-3,6-7,11,13,25H,4-5,8-10,12,14-15H2,(H2,21,22,24). The SMILES string of the molecule is O=C(NCc1nccn1CCCc1ccccc1)NCC1(O)CCC1. The van der Waals surface area contributed by atoms with Gasteiger partial charge in [-0.3, -0.25) is 0 Å². The van der Waals surface area contributed by atoms with Gasteiger partial charge in [-0.1, -0.05) is 30.3 Å². The number of benzene rings is 1. The molecule has 1 aliphatic rings. The van der Waals surface area contributed by atoms with Crippen LogP contribution in [0.5, 0.6) is 0 Å². The first kappa shape index (κ1) is 17.5. The number of imidazole rings is 1. The molecule has 1 saturated carbocycles. The van der Waals surface area contributed by atoms with E-state index < -0.39 is 5.60 Å². The van der Waals surface area contributed by atoms with Crippen LogP contribution in [0.1, 0.15) is 37.1 Å². The molecule has 1 heterocycles. The molecule has 134 valence electrons. The molecule has 3 rings (SSSR count). The number of carbonyl (C=O) groups excluding carboxylic acids is 1. The monoisotopic (exact) mass is 342 g/mol. The van der Waals surface area contributed by atoms with Gasteiger partial charge in [-0.2, -0.15) is 0 Å². The number of rotatable bonds is 8. The van der Waals surface area contributed by atoms with Crippen LogP contribution in [0.4, 0.5) is 4.79 Å². The number of nitrogens with one attached hydrogen (secondary N) is 2. The number of hydrogen-bond donors (Lipinski definition) is 3. The zero-order valence-electron chi connectivity index (χ0n) is 14.4. The molecule has 2 amide bonds. The van der Waals surface area contributed by atoms with Crippen molar-refractivity contribution in [3.8, 4) is 0 Å². The number of aromatic nitrogens is 2. The van der Waals surface area contributed by atoms with Crippen LogP contribution in [0.25, 0.3) is 0 Å². The number of aliphatic hydroxyl groups is 1. The summed E-state index contributed by atoms with van der Waals surface area (Å²) in [6.07, 6.45) is 8.29. The minimum Gasteiger partial charge on any atom is -0.388 e. The molecular formula is C19H26N4O2. The molecule has 6 nitrogen and oxygen atoms in total. The van der Waals surface area contributed by atoms with Crippen molar-refractivity contribution in [2.75, 3.05) is 6.54 Å². The van der Waals surface area contributed by atoms with Gasteiger partial charge in [0.25, 0.3) is 0 Å². The first-order valence-corrected chi connectivity index (χ1v) is 8.93. The maximum Gasteiger partial charge on any atom is 0.315 e. The molecule has 0 aliphatic heterocycles. The van der Waals surface area contributed by atoms with Gasteiger partial charge in [0.15, 0.2) is 0 Å². The van der Waals surface area contributed by atoms with E-state index in [-0.39, 0.29) is 6.03 Å². The first-order chi connectivity index (χ1) is 12.1. The molecule has 25 heavy (non-hydrogen) atoms. The third-order valence-corrected chi connectivity index (χ3v) is 4.78. The van der Waals surface area contributed by atoms with Gasteiger partial charge in [-0.25, -0.2) is 9.78 Å². The van der Waals surface area contributed by atoms with Crippen LogP contribution in [0.15, 0.2) is 42.7 Å². The van der Waals surface area contributed by atoms with Gasteiger partial charge >= 0.3 is 6.03 Å². The Bertz CT molecular complexity index is 680. The van der Waals surface area contributed by atoms with E-state index in [4.69, 9.17) is 0 Å². The van der Waals surface area contributed by atoms with Crippen molar-refractivity contribution in [1.29, 1.82) is 0 Å². The third kappa shape index (κ3) is 5.06. The van der Waals surface area contributed by atoms with Crippen molar-refractivity contribution in [3.05, 3.63) is 54.1 Å². The molecule has 0 bridgehead atoms. The summed E-state index contributed by atoms with van der Waals surface area (Å²) in [6, 6.07) is 10.1. The summed E-state index contributed by atoms with van der Waals surface area (Å²) >= 11 is 0. The van der Waals surface area contributed by atoms with E-state index in [1.54, 1.807) is 6.20 Å². The lowest BCUT2D eigenvalue weighted by atomic mass is 9.80. The molecule has 0 saturated heterocycles. The Morgan fingerprint density at radius 3 is 2.76 bits per heavy atom. The van der Waals surface area contributed by atoms with Gasteiger partial charge in [0, 0.05) is 25.5 Å². The van der Waals surface area contributed by atoms with Crippen molar-refractivity contribution in [2.24, 2.45) is 0 Å². The largest absolute Gasteiger partial charge is 0.388 e. The van der Waals surface area contributed by atoms with E-state index in [0.717, 1.165) is 44.5 Å².